The molecule has 1 aliphatic rings. The minimum absolute atomic E-state index is 0.139. The number of carboxylic acid groups (broad SMARTS) is 1. The summed E-state index contributed by atoms with van der Waals surface area (Å²) in [5.41, 5.74) is 1.18. The number of rotatable bonds is 8. The SMILES string of the molecule is CCCOc1cn(-c2ccccc2)nc1C(=O)N1CCCC(CCC(=O)O)C1. The van der Waals surface area contributed by atoms with Gasteiger partial charge >= 0.3 is 5.97 Å². The highest BCUT2D eigenvalue weighted by Crippen LogP contribution is 2.26. The zero-order chi connectivity index (χ0) is 19.9. The van der Waals surface area contributed by atoms with Crippen LogP contribution >= 0.6 is 0 Å². The van der Waals surface area contributed by atoms with E-state index < -0.39 is 5.97 Å². The molecule has 1 amide bonds. The molecular formula is C21H27N3O4. The van der Waals surface area contributed by atoms with Crippen LogP contribution in [-0.4, -0.2) is 51.4 Å². The summed E-state index contributed by atoms with van der Waals surface area (Å²) >= 11 is 0. The number of aliphatic carboxylic acids is 1. The molecule has 150 valence electrons. The van der Waals surface area contributed by atoms with Crippen molar-refractivity contribution in [3.05, 3.63) is 42.2 Å². The second-order valence-electron chi connectivity index (χ2n) is 7.16. The Hall–Kier alpha value is -2.83. The van der Waals surface area contributed by atoms with Gasteiger partial charge in [-0.3, -0.25) is 9.59 Å². The molecule has 7 nitrogen and oxygen atoms in total. The molecule has 1 aromatic heterocycles. The van der Waals surface area contributed by atoms with Gasteiger partial charge < -0.3 is 14.7 Å². The fourth-order valence-electron chi connectivity index (χ4n) is 3.50. The van der Waals surface area contributed by atoms with Crippen molar-refractivity contribution in [2.75, 3.05) is 19.7 Å². The molecule has 2 aromatic rings. The van der Waals surface area contributed by atoms with Gasteiger partial charge in [0.2, 0.25) is 0 Å². The molecule has 1 saturated heterocycles. The number of benzene rings is 1. The molecule has 1 atom stereocenters. The summed E-state index contributed by atoms with van der Waals surface area (Å²) in [6.45, 7) is 3.76. The molecular weight excluding hydrogens is 358 g/mol. The largest absolute Gasteiger partial charge is 0.489 e. The first-order valence-corrected chi connectivity index (χ1v) is 9.87. The van der Waals surface area contributed by atoms with E-state index in [2.05, 4.69) is 5.10 Å². The van der Waals surface area contributed by atoms with Crippen LogP contribution in [0.15, 0.2) is 36.5 Å². The van der Waals surface area contributed by atoms with E-state index in [9.17, 15) is 9.59 Å². The van der Waals surface area contributed by atoms with Crippen LogP contribution in [0.3, 0.4) is 0 Å². The number of piperidine rings is 1. The van der Waals surface area contributed by atoms with Gasteiger partial charge in [-0.2, -0.15) is 5.10 Å². The highest BCUT2D eigenvalue weighted by molar-refractivity contribution is 5.95. The Morgan fingerprint density at radius 1 is 1.29 bits per heavy atom. The van der Waals surface area contributed by atoms with E-state index in [-0.39, 0.29) is 18.2 Å². The number of carbonyl (C=O) groups is 2. The van der Waals surface area contributed by atoms with Gasteiger partial charge in [-0.05, 0) is 43.7 Å². The Kier molecular flexibility index (Phi) is 6.68. The predicted octanol–water partition coefficient (Wildman–Crippen LogP) is 3.38. The second kappa shape index (κ2) is 9.39. The van der Waals surface area contributed by atoms with Crippen molar-refractivity contribution in [3.8, 4) is 11.4 Å². The third-order valence-corrected chi connectivity index (χ3v) is 4.94. The number of likely N-dealkylation sites (tertiary alicyclic amines) is 1. The van der Waals surface area contributed by atoms with Crippen LogP contribution in [0.5, 0.6) is 5.75 Å². The van der Waals surface area contributed by atoms with Gasteiger partial charge in [0.1, 0.15) is 0 Å². The molecule has 1 N–H and O–H groups in total. The number of para-hydroxylation sites is 1. The topological polar surface area (TPSA) is 84.7 Å². The number of amides is 1. The number of ether oxygens (including phenoxy) is 1. The van der Waals surface area contributed by atoms with Crippen LogP contribution in [-0.2, 0) is 4.79 Å². The van der Waals surface area contributed by atoms with Crippen LogP contribution in [0.25, 0.3) is 5.69 Å². The summed E-state index contributed by atoms with van der Waals surface area (Å²) in [4.78, 5) is 25.8. The van der Waals surface area contributed by atoms with Crippen LogP contribution in [0, 0.1) is 5.92 Å². The minimum atomic E-state index is -0.791. The van der Waals surface area contributed by atoms with E-state index in [1.54, 1.807) is 15.8 Å². The van der Waals surface area contributed by atoms with E-state index in [1.807, 2.05) is 37.3 Å². The average Bonchev–Trinajstić information content (AvgIpc) is 3.15. The van der Waals surface area contributed by atoms with E-state index in [0.29, 0.717) is 37.6 Å². The van der Waals surface area contributed by atoms with Gasteiger partial charge in [0, 0.05) is 19.5 Å². The van der Waals surface area contributed by atoms with E-state index in [4.69, 9.17) is 9.84 Å². The summed E-state index contributed by atoms with van der Waals surface area (Å²) in [5.74, 6) is -0.241. The molecule has 0 saturated carbocycles. The smallest absolute Gasteiger partial charge is 0.303 e. The van der Waals surface area contributed by atoms with Crippen molar-refractivity contribution < 1.29 is 19.4 Å². The van der Waals surface area contributed by atoms with Crippen molar-refractivity contribution in [1.82, 2.24) is 14.7 Å². The summed E-state index contributed by atoms with van der Waals surface area (Å²) in [6.07, 6.45) is 5.15. The minimum Gasteiger partial charge on any atom is -0.489 e. The summed E-state index contributed by atoms with van der Waals surface area (Å²) in [7, 11) is 0. The van der Waals surface area contributed by atoms with E-state index >= 15 is 0 Å². The highest BCUT2D eigenvalue weighted by atomic mass is 16.5. The molecule has 1 aliphatic heterocycles. The Labute approximate surface area is 164 Å². The predicted molar refractivity (Wildman–Crippen MR) is 105 cm³/mol. The lowest BCUT2D eigenvalue weighted by Gasteiger charge is -2.32. The first kappa shape index (κ1) is 19.9. The number of carbonyl (C=O) groups excluding carboxylic acids is 1. The van der Waals surface area contributed by atoms with Gasteiger partial charge in [0.05, 0.1) is 18.5 Å². The van der Waals surface area contributed by atoms with Crippen LogP contribution in [0.1, 0.15) is 49.5 Å². The quantitative estimate of drug-likeness (QED) is 0.753. The van der Waals surface area contributed by atoms with Crippen LogP contribution in [0.2, 0.25) is 0 Å². The molecule has 0 bridgehead atoms. The number of carboxylic acids is 1. The lowest BCUT2D eigenvalue weighted by atomic mass is 9.93. The fraction of sp³-hybridized carbons (Fsp3) is 0.476. The molecule has 2 heterocycles. The normalized spacial score (nSPS) is 16.8. The molecule has 7 heteroatoms. The van der Waals surface area contributed by atoms with Crippen molar-refractivity contribution in [1.29, 1.82) is 0 Å². The lowest BCUT2D eigenvalue weighted by Crippen LogP contribution is -2.40. The average molecular weight is 385 g/mol. The van der Waals surface area contributed by atoms with E-state index in [0.717, 1.165) is 24.9 Å². The fourth-order valence-corrected chi connectivity index (χ4v) is 3.50. The molecule has 0 spiro atoms. The first-order chi connectivity index (χ1) is 13.6. The molecule has 3 rings (SSSR count). The maximum absolute atomic E-state index is 13.2. The number of hydrogen-bond donors (Lipinski definition) is 1. The maximum Gasteiger partial charge on any atom is 0.303 e. The Morgan fingerprint density at radius 3 is 2.79 bits per heavy atom. The Balaban J connectivity index is 1.79. The lowest BCUT2D eigenvalue weighted by molar-refractivity contribution is -0.137. The number of hydrogen-bond acceptors (Lipinski definition) is 4. The molecule has 1 unspecified atom stereocenters. The summed E-state index contributed by atoms with van der Waals surface area (Å²) in [6, 6.07) is 9.62. The van der Waals surface area contributed by atoms with Gasteiger partial charge in [0.15, 0.2) is 11.4 Å². The molecule has 28 heavy (non-hydrogen) atoms. The first-order valence-electron chi connectivity index (χ1n) is 9.87. The van der Waals surface area contributed by atoms with Crippen LogP contribution in [0.4, 0.5) is 0 Å². The molecule has 0 aliphatic carbocycles. The zero-order valence-electron chi connectivity index (χ0n) is 16.2. The number of aromatic nitrogens is 2. The maximum atomic E-state index is 13.2. The van der Waals surface area contributed by atoms with Gasteiger partial charge in [-0.15, -0.1) is 0 Å². The summed E-state index contributed by atoms with van der Waals surface area (Å²) < 4.78 is 7.47. The molecule has 0 radical (unpaired) electrons. The Bertz CT molecular complexity index is 803. The van der Waals surface area contributed by atoms with Crippen molar-refractivity contribution in [2.24, 2.45) is 5.92 Å². The van der Waals surface area contributed by atoms with Gasteiger partial charge in [-0.25, -0.2) is 4.68 Å². The van der Waals surface area contributed by atoms with Crippen molar-refractivity contribution in [2.45, 2.75) is 39.0 Å². The third kappa shape index (κ3) is 4.91. The summed E-state index contributed by atoms with van der Waals surface area (Å²) in [5, 5.41) is 13.4. The third-order valence-electron chi connectivity index (χ3n) is 4.94. The van der Waals surface area contributed by atoms with Gasteiger partial charge in [-0.1, -0.05) is 25.1 Å². The molecule has 1 fully saturated rings. The monoisotopic (exact) mass is 385 g/mol. The number of nitrogens with zero attached hydrogens (tertiary/aromatic N) is 3. The van der Waals surface area contributed by atoms with Gasteiger partial charge in [0.25, 0.3) is 5.91 Å². The second-order valence-corrected chi connectivity index (χ2v) is 7.16. The zero-order valence-corrected chi connectivity index (χ0v) is 16.2. The van der Waals surface area contributed by atoms with Crippen molar-refractivity contribution in [3.63, 3.8) is 0 Å². The standard InChI is InChI=1S/C21H27N3O4/c1-2-13-28-18-15-24(17-8-4-3-5-9-17)22-20(18)21(27)23-12-6-7-16(14-23)10-11-19(25)26/h3-5,8-9,15-16H,2,6-7,10-14H2,1H3,(H,25,26). The highest BCUT2D eigenvalue weighted by Gasteiger charge is 2.29. The van der Waals surface area contributed by atoms with Crippen molar-refractivity contribution >= 4 is 11.9 Å². The Morgan fingerprint density at radius 2 is 2.07 bits per heavy atom. The molecule has 1 aromatic carbocycles. The van der Waals surface area contributed by atoms with E-state index in [1.165, 1.54) is 0 Å². The van der Waals surface area contributed by atoms with Crippen LogP contribution < -0.4 is 4.74 Å².